The van der Waals surface area contributed by atoms with Gasteiger partial charge in [0.25, 0.3) is 0 Å². The van der Waals surface area contributed by atoms with Crippen LogP contribution in [0.2, 0.25) is 5.02 Å². The molecule has 0 fully saturated rings. The first-order valence-corrected chi connectivity index (χ1v) is 17.8. The van der Waals surface area contributed by atoms with Gasteiger partial charge in [0.1, 0.15) is 34.7 Å². The fraction of sp³-hybridized carbons (Fsp3) is 0.595. The molecule has 1 aliphatic heterocycles. The zero-order valence-corrected chi connectivity index (χ0v) is 32.6. The number of anilines is 1. The second kappa shape index (κ2) is 19.2. The molecule has 0 saturated carbocycles. The van der Waals surface area contributed by atoms with Crippen LogP contribution in [0.4, 0.5) is 5.69 Å². The van der Waals surface area contributed by atoms with Crippen LogP contribution in [0.5, 0.6) is 5.75 Å². The van der Waals surface area contributed by atoms with Crippen LogP contribution >= 0.6 is 24.2 Å². The minimum absolute atomic E-state index is 0.0367. The SMILES string of the molecule is C=C[C@H](C(=O)OC1CC(=O)N(C)c2cc(cc(OC)c2Cl)C/C(C)=C/C=C/C(OC)C(N)(O)CC(O)C(C)CC1(C)O)N(C)C(=O)CC[C@@H](C)S. The number of fused-ring (bicyclic) bond motifs is 2. The second-order valence-corrected chi connectivity index (χ2v) is 15.1. The number of aliphatic hydroxyl groups excluding tert-OH is 1. The van der Waals surface area contributed by atoms with Crippen LogP contribution in [0.1, 0.15) is 65.4 Å². The van der Waals surface area contributed by atoms with Gasteiger partial charge in [0.2, 0.25) is 11.8 Å². The Kier molecular flexibility index (Phi) is 16.7. The normalized spacial score (nSPS) is 29.6. The lowest BCUT2D eigenvalue weighted by molar-refractivity contribution is -0.174. The average molecular weight is 754 g/mol. The van der Waals surface area contributed by atoms with E-state index in [-0.39, 0.29) is 35.4 Å². The molecule has 5 N–H and O–H groups in total. The molecular formula is C37H56ClN3O9S. The van der Waals surface area contributed by atoms with Gasteiger partial charge < -0.3 is 45.1 Å². The Bertz CT molecular complexity index is 1450. The van der Waals surface area contributed by atoms with Gasteiger partial charge in [0, 0.05) is 34.0 Å². The molecule has 0 spiro atoms. The third kappa shape index (κ3) is 12.3. The summed E-state index contributed by atoms with van der Waals surface area (Å²) in [5, 5.41) is 34.4. The summed E-state index contributed by atoms with van der Waals surface area (Å²) in [6, 6.07) is 2.27. The molecule has 286 valence electrons. The molecule has 2 bridgehead atoms. The molecule has 0 radical (unpaired) electrons. The Labute approximate surface area is 312 Å². The molecule has 2 amide bonds. The van der Waals surface area contributed by atoms with Crippen molar-refractivity contribution in [1.82, 2.24) is 4.90 Å². The van der Waals surface area contributed by atoms with Gasteiger partial charge in [-0.3, -0.25) is 9.59 Å². The number of amides is 2. The summed E-state index contributed by atoms with van der Waals surface area (Å²) in [4.78, 5) is 43.0. The van der Waals surface area contributed by atoms with Gasteiger partial charge in [-0.1, -0.05) is 55.3 Å². The first-order chi connectivity index (χ1) is 23.7. The lowest BCUT2D eigenvalue weighted by atomic mass is 9.82. The quantitative estimate of drug-likeness (QED) is 0.108. The molecule has 0 aromatic heterocycles. The lowest BCUT2D eigenvalue weighted by Gasteiger charge is -2.38. The number of benzene rings is 1. The van der Waals surface area contributed by atoms with Gasteiger partial charge >= 0.3 is 5.97 Å². The Morgan fingerprint density at radius 2 is 1.92 bits per heavy atom. The molecule has 14 heteroatoms. The summed E-state index contributed by atoms with van der Waals surface area (Å²) < 4.78 is 16.9. The van der Waals surface area contributed by atoms with E-state index in [1.54, 1.807) is 31.2 Å². The molecule has 1 aromatic rings. The molecule has 0 saturated heterocycles. The summed E-state index contributed by atoms with van der Waals surface area (Å²) in [5.41, 5.74) is 4.34. The highest BCUT2D eigenvalue weighted by molar-refractivity contribution is 7.80. The largest absolute Gasteiger partial charge is 0.495 e. The monoisotopic (exact) mass is 753 g/mol. The highest BCUT2D eigenvalue weighted by Gasteiger charge is 2.43. The zero-order valence-electron chi connectivity index (χ0n) is 31.0. The van der Waals surface area contributed by atoms with Gasteiger partial charge in [0.05, 0.1) is 30.9 Å². The van der Waals surface area contributed by atoms with Crippen molar-refractivity contribution in [2.24, 2.45) is 11.7 Å². The van der Waals surface area contributed by atoms with E-state index in [2.05, 4.69) is 19.2 Å². The Morgan fingerprint density at radius 3 is 2.49 bits per heavy atom. The number of rotatable bonds is 9. The van der Waals surface area contributed by atoms with Crippen molar-refractivity contribution >= 4 is 47.7 Å². The summed E-state index contributed by atoms with van der Waals surface area (Å²) >= 11 is 11.0. The molecule has 2 rings (SSSR count). The minimum Gasteiger partial charge on any atom is -0.495 e. The molecule has 51 heavy (non-hydrogen) atoms. The van der Waals surface area contributed by atoms with Gasteiger partial charge in [-0.25, -0.2) is 4.79 Å². The van der Waals surface area contributed by atoms with Crippen molar-refractivity contribution in [3.63, 3.8) is 0 Å². The number of carbonyl (C=O) groups is 3. The number of hydrogen-bond acceptors (Lipinski definition) is 11. The van der Waals surface area contributed by atoms with Crippen molar-refractivity contribution in [2.45, 2.75) is 107 Å². The van der Waals surface area contributed by atoms with Crippen molar-refractivity contribution in [2.75, 3.05) is 33.2 Å². The number of nitrogens with zero attached hydrogens (tertiary/aromatic N) is 2. The van der Waals surface area contributed by atoms with Gasteiger partial charge in [-0.2, -0.15) is 12.6 Å². The second-order valence-electron chi connectivity index (χ2n) is 13.8. The van der Waals surface area contributed by atoms with E-state index >= 15 is 0 Å². The minimum atomic E-state index is -2.00. The summed E-state index contributed by atoms with van der Waals surface area (Å²) in [6.07, 6.45) is 2.65. The third-order valence-corrected chi connectivity index (χ3v) is 9.86. The summed E-state index contributed by atoms with van der Waals surface area (Å²) in [5.74, 6) is -2.21. The Balaban J connectivity index is 2.66. The zero-order chi connectivity index (χ0) is 38.8. The average Bonchev–Trinajstić information content (AvgIpc) is 3.04. The standard InChI is InChI=1S/C37H56ClN3O9S/c1-10-26(40(6)32(43)15-14-24(4)51)35(45)50-31-19-33(44)41(7)27-17-25(18-29(48-8)34(27)38)16-22(2)12-11-13-30(49-9)37(39,47)21-28(42)23(3)20-36(31,5)46/h10-13,17-18,23-24,26,28,30-31,42,46-47,51H,1,14-16,19-21,39H2,2-9H3/b13-11+,22-12+/t23?,24-,26-,28?,30?,31?,36?,37?/m1/s1. The molecule has 6 unspecified atom stereocenters. The van der Waals surface area contributed by atoms with Gasteiger partial charge in [-0.15, -0.1) is 6.58 Å². The number of allylic oxidation sites excluding steroid dienone is 3. The number of halogens is 1. The maximum absolute atomic E-state index is 14.0. The van der Waals surface area contributed by atoms with E-state index in [9.17, 15) is 29.7 Å². The van der Waals surface area contributed by atoms with Crippen LogP contribution < -0.4 is 15.4 Å². The van der Waals surface area contributed by atoms with Crippen LogP contribution in [0.3, 0.4) is 0 Å². The predicted molar refractivity (Wildman–Crippen MR) is 202 cm³/mol. The van der Waals surface area contributed by atoms with Crippen LogP contribution in [0.25, 0.3) is 0 Å². The van der Waals surface area contributed by atoms with Crippen LogP contribution in [-0.4, -0.2) is 107 Å². The molecule has 8 atom stereocenters. The fourth-order valence-electron chi connectivity index (χ4n) is 5.96. The lowest BCUT2D eigenvalue weighted by Crippen LogP contribution is -2.54. The smallest absolute Gasteiger partial charge is 0.333 e. The number of ether oxygens (including phenoxy) is 3. The number of esters is 1. The maximum atomic E-state index is 14.0. The highest BCUT2D eigenvalue weighted by atomic mass is 35.5. The summed E-state index contributed by atoms with van der Waals surface area (Å²) in [6.45, 7) is 10.5. The maximum Gasteiger partial charge on any atom is 0.333 e. The fourth-order valence-corrected chi connectivity index (χ4v) is 6.40. The molecule has 1 aliphatic rings. The highest BCUT2D eigenvalue weighted by Crippen LogP contribution is 2.38. The Hall–Kier alpha value is -2.91. The summed E-state index contributed by atoms with van der Waals surface area (Å²) in [7, 11) is 5.79. The molecule has 0 aliphatic carbocycles. The number of hydrogen-bond donors (Lipinski definition) is 5. The predicted octanol–water partition coefficient (Wildman–Crippen LogP) is 3.97. The van der Waals surface area contributed by atoms with E-state index in [0.29, 0.717) is 24.3 Å². The van der Waals surface area contributed by atoms with E-state index < -0.39 is 59.9 Å². The number of aliphatic hydroxyl groups is 3. The van der Waals surface area contributed by atoms with E-state index in [0.717, 1.165) is 11.1 Å². The molecule has 1 aromatic carbocycles. The van der Waals surface area contributed by atoms with E-state index in [1.807, 2.05) is 19.9 Å². The molecule has 1 heterocycles. The van der Waals surface area contributed by atoms with Crippen molar-refractivity contribution < 1.29 is 43.9 Å². The van der Waals surface area contributed by atoms with Crippen molar-refractivity contribution in [1.29, 1.82) is 0 Å². The number of likely N-dealkylation sites (N-methyl/N-ethyl adjacent to an activating group) is 1. The molecular weight excluding hydrogens is 698 g/mol. The number of thiol groups is 1. The Morgan fingerprint density at radius 1 is 1.27 bits per heavy atom. The van der Waals surface area contributed by atoms with Gasteiger partial charge in [0.15, 0.2) is 0 Å². The van der Waals surface area contributed by atoms with E-state index in [4.69, 9.17) is 31.5 Å². The van der Waals surface area contributed by atoms with E-state index in [1.165, 1.54) is 51.1 Å². The third-order valence-electron chi connectivity index (χ3n) is 9.22. The van der Waals surface area contributed by atoms with Crippen molar-refractivity contribution in [3.8, 4) is 5.75 Å². The number of carbonyl (C=O) groups excluding carboxylic acids is 3. The number of nitrogens with two attached hydrogens (primary N) is 1. The topological polar surface area (TPSA) is 172 Å². The number of methoxy groups -OCH3 is 2. The first kappa shape index (κ1) is 44.3. The van der Waals surface area contributed by atoms with Crippen molar-refractivity contribution in [3.05, 3.63) is 59.2 Å². The van der Waals surface area contributed by atoms with Crippen LogP contribution in [0.15, 0.2) is 48.6 Å². The molecule has 12 nitrogen and oxygen atoms in total. The first-order valence-electron chi connectivity index (χ1n) is 16.9. The van der Waals surface area contributed by atoms with Gasteiger partial charge in [-0.05, 0) is 62.0 Å². The van der Waals surface area contributed by atoms with Crippen LogP contribution in [0, 0.1) is 5.92 Å². The van der Waals surface area contributed by atoms with Crippen LogP contribution in [-0.2, 0) is 30.3 Å².